The number of rotatable bonds is 8. The number of carbonyl (C=O) groups is 1. The summed E-state index contributed by atoms with van der Waals surface area (Å²) in [6, 6.07) is 9.49. The van der Waals surface area contributed by atoms with Crippen LogP contribution in [0.1, 0.15) is 93.6 Å². The number of likely N-dealkylation sites (N-methyl/N-ethyl adjacent to an activating group) is 2. The molecule has 0 bridgehead atoms. The highest BCUT2D eigenvalue weighted by Crippen LogP contribution is 2.51. The third kappa shape index (κ3) is 9.33. The zero-order chi connectivity index (χ0) is 41.5. The molecule has 0 spiro atoms. The molecule has 1 unspecified atom stereocenters. The number of hydrogen-bond donors (Lipinski definition) is 4. The Bertz CT molecular complexity index is 1440. The summed E-state index contributed by atoms with van der Waals surface area (Å²) in [6.45, 7) is 18.5. The van der Waals surface area contributed by atoms with Gasteiger partial charge in [-0.25, -0.2) is 0 Å². The average Bonchev–Trinajstić information content (AvgIpc) is 3.68. The van der Waals surface area contributed by atoms with Crippen molar-refractivity contribution in [2.24, 2.45) is 23.2 Å². The molecule has 13 nitrogen and oxygen atoms in total. The van der Waals surface area contributed by atoms with Crippen LogP contribution in [0.15, 0.2) is 30.3 Å². The molecule has 4 aliphatic rings. The Kier molecular flexibility index (Phi) is 14.4. The van der Waals surface area contributed by atoms with E-state index in [0.29, 0.717) is 25.9 Å². The first-order valence-corrected chi connectivity index (χ1v) is 20.7. The minimum absolute atomic E-state index is 0.197. The maximum Gasteiger partial charge on any atom is 0.311 e. The van der Waals surface area contributed by atoms with Gasteiger partial charge in [0.25, 0.3) is 0 Å². The van der Waals surface area contributed by atoms with Crippen LogP contribution in [0.25, 0.3) is 0 Å². The molecule has 0 radical (unpaired) electrons. The van der Waals surface area contributed by atoms with Crippen LogP contribution in [-0.4, -0.2) is 149 Å². The van der Waals surface area contributed by atoms with Crippen LogP contribution in [0.4, 0.5) is 0 Å². The van der Waals surface area contributed by atoms with E-state index in [9.17, 15) is 25.2 Å². The van der Waals surface area contributed by atoms with Gasteiger partial charge in [0.2, 0.25) is 0 Å². The van der Waals surface area contributed by atoms with Crippen molar-refractivity contribution in [2.45, 2.75) is 179 Å². The van der Waals surface area contributed by atoms with Crippen LogP contribution in [0.5, 0.6) is 0 Å². The predicted octanol–water partition coefficient (Wildman–Crippen LogP) is 3.72. The monoisotopic (exact) mass is 793 g/mol. The van der Waals surface area contributed by atoms with Gasteiger partial charge in [0, 0.05) is 44.0 Å². The standard InChI is InChI=1S/C43H72N2O11/c1-24-21-31(45(11)23-30-17-14-13-15-18-30)33(46)40(52-24)56-37-25(2)34(54-32-22-42(9,51-12)36(48)29(6)53-32)26(3)39(49)55-38-27(4)43(38,50)35(47)28(5)44(10)20-16-19-41(37,7)8/h13-15,17-18,24-29,31-38,40,46-48,50H,16,19-23H2,1-12H3/t24-,25+,26-,27?,28-,29+,31+,32+,33-,34+,35-,36+,37-,38-,40+,42-,43+/m1/s1. The number of carbonyl (C=O) groups excluding carboxylic acids is 1. The van der Waals surface area contributed by atoms with Gasteiger partial charge in [0.05, 0.1) is 35.9 Å². The van der Waals surface area contributed by atoms with Crippen molar-refractivity contribution in [3.05, 3.63) is 35.9 Å². The second-order valence-electron chi connectivity index (χ2n) is 18.5. The fourth-order valence-electron chi connectivity index (χ4n) is 9.66. The van der Waals surface area contributed by atoms with Gasteiger partial charge in [-0.1, -0.05) is 58.0 Å². The van der Waals surface area contributed by atoms with Crippen LogP contribution < -0.4 is 0 Å². The number of esters is 1. The molecule has 1 aromatic carbocycles. The van der Waals surface area contributed by atoms with Crippen molar-refractivity contribution in [3.63, 3.8) is 0 Å². The van der Waals surface area contributed by atoms with E-state index in [1.165, 1.54) is 0 Å². The lowest BCUT2D eigenvalue weighted by molar-refractivity contribution is -0.313. The van der Waals surface area contributed by atoms with Crippen LogP contribution in [-0.2, 0) is 39.8 Å². The maximum atomic E-state index is 14.2. The Morgan fingerprint density at radius 1 is 0.964 bits per heavy atom. The van der Waals surface area contributed by atoms with E-state index < -0.39 is 102 Å². The number of nitrogens with zero attached hydrogens (tertiary/aromatic N) is 2. The predicted molar refractivity (Wildman–Crippen MR) is 210 cm³/mol. The molecule has 4 fully saturated rings. The number of hydrogen-bond acceptors (Lipinski definition) is 13. The second-order valence-corrected chi connectivity index (χ2v) is 18.5. The minimum atomic E-state index is -1.59. The van der Waals surface area contributed by atoms with Crippen LogP contribution >= 0.6 is 0 Å². The summed E-state index contributed by atoms with van der Waals surface area (Å²) in [4.78, 5) is 18.4. The average molecular weight is 793 g/mol. The molecule has 1 aliphatic carbocycles. The molecular formula is C43H72N2O11. The second kappa shape index (κ2) is 17.8. The van der Waals surface area contributed by atoms with E-state index in [0.717, 1.165) is 12.0 Å². The molecule has 320 valence electrons. The Balaban J connectivity index is 1.50. The smallest absolute Gasteiger partial charge is 0.311 e. The lowest BCUT2D eigenvalue weighted by Crippen LogP contribution is -2.59. The van der Waals surface area contributed by atoms with Crippen molar-refractivity contribution in [1.29, 1.82) is 0 Å². The van der Waals surface area contributed by atoms with Gasteiger partial charge in [-0.2, -0.15) is 0 Å². The van der Waals surface area contributed by atoms with Gasteiger partial charge in [-0.3, -0.25) is 9.69 Å². The Morgan fingerprint density at radius 2 is 1.62 bits per heavy atom. The number of ether oxygens (including phenoxy) is 6. The van der Waals surface area contributed by atoms with Crippen LogP contribution in [0.2, 0.25) is 0 Å². The van der Waals surface area contributed by atoms with Gasteiger partial charge in [-0.05, 0) is 85.5 Å². The van der Waals surface area contributed by atoms with Crippen LogP contribution in [0, 0.1) is 23.2 Å². The molecule has 0 amide bonds. The summed E-state index contributed by atoms with van der Waals surface area (Å²) in [7, 11) is 5.48. The first kappa shape index (κ1) is 45.3. The highest BCUT2D eigenvalue weighted by molar-refractivity contribution is 5.73. The Labute approximate surface area is 334 Å². The van der Waals surface area contributed by atoms with E-state index in [4.69, 9.17) is 28.4 Å². The Hall–Kier alpha value is -1.75. The van der Waals surface area contributed by atoms with Gasteiger partial charge < -0.3 is 53.7 Å². The molecule has 56 heavy (non-hydrogen) atoms. The number of fused-ring (bicyclic) bond motifs is 1. The zero-order valence-corrected chi connectivity index (χ0v) is 35.8. The third-order valence-electron chi connectivity index (χ3n) is 13.9. The van der Waals surface area contributed by atoms with E-state index in [1.807, 2.05) is 64.9 Å². The van der Waals surface area contributed by atoms with Crippen LogP contribution in [0.3, 0.4) is 0 Å². The van der Waals surface area contributed by atoms with Gasteiger partial charge in [-0.15, -0.1) is 0 Å². The number of aliphatic hydroxyl groups excluding tert-OH is 3. The molecule has 3 saturated heterocycles. The first-order chi connectivity index (χ1) is 26.2. The largest absolute Gasteiger partial charge is 0.458 e. The summed E-state index contributed by atoms with van der Waals surface area (Å²) in [5, 5.41) is 46.1. The first-order valence-electron chi connectivity index (χ1n) is 20.7. The summed E-state index contributed by atoms with van der Waals surface area (Å²) in [5.41, 5.74) is -1.97. The normalized spacial score (nSPS) is 45.7. The van der Waals surface area contributed by atoms with Crippen molar-refractivity contribution >= 4 is 5.97 Å². The molecule has 1 saturated carbocycles. The quantitative estimate of drug-likeness (QED) is 0.283. The fourth-order valence-corrected chi connectivity index (χ4v) is 9.66. The lowest BCUT2D eigenvalue weighted by atomic mass is 9.73. The topological polar surface area (TPSA) is 160 Å². The molecular weight excluding hydrogens is 720 g/mol. The fraction of sp³-hybridized carbons (Fsp3) is 0.837. The molecule has 4 N–H and O–H groups in total. The molecule has 5 rings (SSSR count). The van der Waals surface area contributed by atoms with E-state index >= 15 is 0 Å². The Morgan fingerprint density at radius 3 is 2.27 bits per heavy atom. The molecule has 17 atom stereocenters. The zero-order valence-electron chi connectivity index (χ0n) is 35.8. The van der Waals surface area contributed by atoms with E-state index in [1.54, 1.807) is 27.9 Å². The third-order valence-corrected chi connectivity index (χ3v) is 13.9. The maximum absolute atomic E-state index is 14.2. The van der Waals surface area contributed by atoms with E-state index in [-0.39, 0.29) is 18.6 Å². The number of methoxy groups -OCH3 is 1. The minimum Gasteiger partial charge on any atom is -0.458 e. The SMILES string of the molecule is CO[C@]1(C)C[C@H](O[C@H]2[C@H](C)[C@@H](O[C@@H]3O[C@H](C)C[C@H](N(C)Cc4ccccc4)[C@H]3O)C(C)(C)CCCN(C)[C@H](C)[C@@H](O)[C@@]3(O)C(C)[C@H]3OC(=O)[C@@H]2C)O[C@@H](C)[C@@H]1O. The molecule has 1 aromatic rings. The molecule has 13 heteroatoms. The lowest BCUT2D eigenvalue weighted by Gasteiger charge is -2.49. The summed E-state index contributed by atoms with van der Waals surface area (Å²) >= 11 is 0. The van der Waals surface area contributed by atoms with Gasteiger partial charge >= 0.3 is 5.97 Å². The highest BCUT2D eigenvalue weighted by Gasteiger charge is 2.70. The summed E-state index contributed by atoms with van der Waals surface area (Å²) < 4.78 is 38.4. The van der Waals surface area contributed by atoms with E-state index in [2.05, 4.69) is 30.9 Å². The van der Waals surface area contributed by atoms with Gasteiger partial charge in [0.1, 0.15) is 30.0 Å². The highest BCUT2D eigenvalue weighted by atomic mass is 16.7. The summed E-state index contributed by atoms with van der Waals surface area (Å²) in [5.74, 6) is -2.44. The summed E-state index contributed by atoms with van der Waals surface area (Å²) in [6.07, 6.45) is -5.81. The molecule has 0 aromatic heterocycles. The van der Waals surface area contributed by atoms with Gasteiger partial charge in [0.15, 0.2) is 12.6 Å². The molecule has 3 heterocycles. The van der Waals surface area contributed by atoms with Crippen molar-refractivity contribution in [3.8, 4) is 0 Å². The molecule has 3 aliphatic heterocycles. The van der Waals surface area contributed by atoms with Crippen molar-refractivity contribution in [2.75, 3.05) is 27.7 Å². The number of benzene rings is 1. The number of aliphatic hydroxyl groups is 4. The van der Waals surface area contributed by atoms with Crippen molar-refractivity contribution < 1.29 is 53.6 Å². The van der Waals surface area contributed by atoms with Crippen molar-refractivity contribution in [1.82, 2.24) is 9.80 Å².